The van der Waals surface area contributed by atoms with Gasteiger partial charge in [-0.15, -0.1) is 11.8 Å². The molecule has 2 aromatic rings. The summed E-state index contributed by atoms with van der Waals surface area (Å²) in [6.45, 7) is 2.64. The minimum Gasteiger partial charge on any atom is -0.478 e. The summed E-state index contributed by atoms with van der Waals surface area (Å²) < 4.78 is 0. The van der Waals surface area contributed by atoms with Gasteiger partial charge in [-0.1, -0.05) is 19.1 Å². The molecule has 0 radical (unpaired) electrons. The van der Waals surface area contributed by atoms with E-state index in [1.807, 2.05) is 49.2 Å². The molecule has 0 aliphatic rings. The second-order valence-corrected chi connectivity index (χ2v) is 5.91. The topological polar surface area (TPSA) is 53.4 Å². The Hall–Kier alpha value is -2.01. The van der Waals surface area contributed by atoms with E-state index in [0.29, 0.717) is 12.1 Å². The molecule has 0 amide bonds. The lowest BCUT2D eigenvalue weighted by Gasteiger charge is -2.22. The maximum atomic E-state index is 11.6. The number of carbonyl (C=O) groups is 1. The Morgan fingerprint density at radius 3 is 2.76 bits per heavy atom. The van der Waals surface area contributed by atoms with Gasteiger partial charge in [0.25, 0.3) is 0 Å². The zero-order chi connectivity index (χ0) is 15.2. The molecule has 2 rings (SSSR count). The van der Waals surface area contributed by atoms with E-state index in [-0.39, 0.29) is 0 Å². The van der Waals surface area contributed by atoms with Gasteiger partial charge < -0.3 is 10.0 Å². The number of carboxylic acid groups (broad SMARTS) is 1. The van der Waals surface area contributed by atoms with Gasteiger partial charge in [0, 0.05) is 30.9 Å². The van der Waals surface area contributed by atoms with Crippen LogP contribution >= 0.6 is 11.8 Å². The number of benzene rings is 1. The molecule has 0 bridgehead atoms. The SMILES string of the molecule is CCSc1cccc(N(C)Cc2cccnc2)c1C(=O)O. The highest BCUT2D eigenvalue weighted by atomic mass is 32.2. The normalized spacial score (nSPS) is 10.4. The Balaban J connectivity index is 2.34. The van der Waals surface area contributed by atoms with E-state index in [9.17, 15) is 9.90 Å². The van der Waals surface area contributed by atoms with Crippen molar-refractivity contribution in [3.8, 4) is 0 Å². The van der Waals surface area contributed by atoms with Gasteiger partial charge in [0.2, 0.25) is 0 Å². The van der Waals surface area contributed by atoms with Crippen molar-refractivity contribution in [2.45, 2.75) is 18.4 Å². The van der Waals surface area contributed by atoms with Gasteiger partial charge >= 0.3 is 5.97 Å². The third kappa shape index (κ3) is 3.76. The van der Waals surface area contributed by atoms with Crippen LogP contribution in [0.25, 0.3) is 0 Å². The highest BCUT2D eigenvalue weighted by molar-refractivity contribution is 7.99. The van der Waals surface area contributed by atoms with Crippen LogP contribution in [-0.4, -0.2) is 28.9 Å². The molecule has 21 heavy (non-hydrogen) atoms. The molecule has 0 aliphatic heterocycles. The van der Waals surface area contributed by atoms with Crippen molar-refractivity contribution >= 4 is 23.4 Å². The largest absolute Gasteiger partial charge is 0.478 e. The van der Waals surface area contributed by atoms with Crippen LogP contribution in [0, 0.1) is 0 Å². The quantitative estimate of drug-likeness (QED) is 0.827. The Bertz CT molecular complexity index is 617. The van der Waals surface area contributed by atoms with E-state index in [2.05, 4.69) is 4.98 Å². The molecular weight excluding hydrogens is 284 g/mol. The summed E-state index contributed by atoms with van der Waals surface area (Å²) >= 11 is 1.55. The number of carboxylic acids is 1. The molecular formula is C16H18N2O2S. The first-order valence-corrected chi connectivity index (χ1v) is 7.71. The van der Waals surface area contributed by atoms with Crippen molar-refractivity contribution < 1.29 is 9.90 Å². The number of thioether (sulfide) groups is 1. The monoisotopic (exact) mass is 302 g/mol. The molecule has 0 fully saturated rings. The van der Waals surface area contributed by atoms with Crippen molar-refractivity contribution in [3.63, 3.8) is 0 Å². The van der Waals surface area contributed by atoms with E-state index in [4.69, 9.17) is 0 Å². The Labute approximate surface area is 128 Å². The van der Waals surface area contributed by atoms with Crippen molar-refractivity contribution in [1.29, 1.82) is 0 Å². The van der Waals surface area contributed by atoms with E-state index in [1.165, 1.54) is 0 Å². The summed E-state index contributed by atoms with van der Waals surface area (Å²) in [5, 5.41) is 9.54. The van der Waals surface area contributed by atoms with Gasteiger partial charge in [0.15, 0.2) is 0 Å². The number of nitrogens with zero attached hydrogens (tertiary/aromatic N) is 2. The average molecular weight is 302 g/mol. The van der Waals surface area contributed by atoms with Crippen LogP contribution in [0.4, 0.5) is 5.69 Å². The van der Waals surface area contributed by atoms with Crippen LogP contribution in [0.15, 0.2) is 47.6 Å². The summed E-state index contributed by atoms with van der Waals surface area (Å²) in [4.78, 5) is 18.5. The first-order valence-electron chi connectivity index (χ1n) is 6.72. The van der Waals surface area contributed by atoms with Crippen LogP contribution in [0.3, 0.4) is 0 Å². The lowest BCUT2D eigenvalue weighted by molar-refractivity contribution is 0.0694. The minimum atomic E-state index is -0.889. The zero-order valence-electron chi connectivity index (χ0n) is 12.1. The zero-order valence-corrected chi connectivity index (χ0v) is 12.9. The van der Waals surface area contributed by atoms with Gasteiger partial charge in [0.1, 0.15) is 0 Å². The lowest BCUT2D eigenvalue weighted by atomic mass is 10.1. The number of aromatic carboxylic acids is 1. The van der Waals surface area contributed by atoms with Crippen molar-refractivity contribution in [3.05, 3.63) is 53.9 Å². The molecule has 1 aromatic heterocycles. The molecule has 0 saturated carbocycles. The first kappa shape index (κ1) is 15.4. The second kappa shape index (κ2) is 7.13. The molecule has 5 heteroatoms. The molecule has 1 heterocycles. The lowest BCUT2D eigenvalue weighted by Crippen LogP contribution is -2.20. The highest BCUT2D eigenvalue weighted by Gasteiger charge is 2.18. The summed E-state index contributed by atoms with van der Waals surface area (Å²) in [6, 6.07) is 9.47. The van der Waals surface area contributed by atoms with Gasteiger partial charge in [-0.05, 0) is 29.5 Å². The number of aromatic nitrogens is 1. The standard InChI is InChI=1S/C16H18N2O2S/c1-3-21-14-8-4-7-13(15(14)16(19)20)18(2)11-12-6-5-9-17-10-12/h4-10H,3,11H2,1-2H3,(H,19,20). The number of anilines is 1. The van der Waals surface area contributed by atoms with Gasteiger partial charge in [-0.2, -0.15) is 0 Å². The Kier molecular flexibility index (Phi) is 5.22. The number of hydrogen-bond acceptors (Lipinski definition) is 4. The molecule has 1 aromatic carbocycles. The van der Waals surface area contributed by atoms with Crippen LogP contribution in [0.5, 0.6) is 0 Å². The Morgan fingerprint density at radius 2 is 2.14 bits per heavy atom. The molecule has 0 spiro atoms. The molecule has 0 atom stereocenters. The summed E-state index contributed by atoms with van der Waals surface area (Å²) in [5.41, 5.74) is 2.14. The molecule has 1 N–H and O–H groups in total. The Morgan fingerprint density at radius 1 is 1.33 bits per heavy atom. The predicted octanol–water partition coefficient (Wildman–Crippen LogP) is 3.53. The molecule has 0 aliphatic carbocycles. The maximum Gasteiger partial charge on any atom is 0.338 e. The second-order valence-electron chi connectivity index (χ2n) is 4.61. The minimum absolute atomic E-state index is 0.371. The van der Waals surface area contributed by atoms with Crippen molar-refractivity contribution in [2.24, 2.45) is 0 Å². The third-order valence-corrected chi connectivity index (χ3v) is 4.01. The first-order chi connectivity index (χ1) is 10.1. The van der Waals surface area contributed by atoms with E-state index < -0.39 is 5.97 Å². The average Bonchev–Trinajstić information content (AvgIpc) is 2.48. The fourth-order valence-electron chi connectivity index (χ4n) is 2.18. The fourth-order valence-corrected chi connectivity index (χ4v) is 3.00. The van der Waals surface area contributed by atoms with Gasteiger partial charge in [0.05, 0.1) is 11.3 Å². The van der Waals surface area contributed by atoms with E-state index >= 15 is 0 Å². The van der Waals surface area contributed by atoms with E-state index in [1.54, 1.807) is 24.2 Å². The summed E-state index contributed by atoms with van der Waals surface area (Å²) in [6.07, 6.45) is 3.52. The number of hydrogen-bond donors (Lipinski definition) is 1. The predicted molar refractivity (Wildman–Crippen MR) is 86.1 cm³/mol. The molecule has 4 nitrogen and oxygen atoms in total. The highest BCUT2D eigenvalue weighted by Crippen LogP contribution is 2.31. The van der Waals surface area contributed by atoms with Crippen LogP contribution in [0.2, 0.25) is 0 Å². The van der Waals surface area contributed by atoms with E-state index in [0.717, 1.165) is 21.9 Å². The van der Waals surface area contributed by atoms with Gasteiger partial charge in [-0.25, -0.2) is 4.79 Å². The number of pyridine rings is 1. The molecule has 0 saturated heterocycles. The van der Waals surface area contributed by atoms with Crippen LogP contribution in [0.1, 0.15) is 22.8 Å². The van der Waals surface area contributed by atoms with Crippen molar-refractivity contribution in [2.75, 3.05) is 17.7 Å². The third-order valence-electron chi connectivity index (χ3n) is 3.07. The van der Waals surface area contributed by atoms with Crippen molar-refractivity contribution in [1.82, 2.24) is 4.98 Å². The van der Waals surface area contributed by atoms with Crippen LogP contribution in [-0.2, 0) is 6.54 Å². The van der Waals surface area contributed by atoms with Gasteiger partial charge in [-0.3, -0.25) is 4.98 Å². The fraction of sp³-hybridized carbons (Fsp3) is 0.250. The molecule has 110 valence electrons. The summed E-state index contributed by atoms with van der Waals surface area (Å²) in [5.74, 6) is -0.0460. The number of rotatable bonds is 6. The maximum absolute atomic E-state index is 11.6. The summed E-state index contributed by atoms with van der Waals surface area (Å²) in [7, 11) is 1.90. The molecule has 0 unspecified atom stereocenters. The smallest absolute Gasteiger partial charge is 0.338 e. The van der Waals surface area contributed by atoms with Crippen LogP contribution < -0.4 is 4.90 Å².